The number of nitrogens with one attached hydrogen (secondary N) is 2. The van der Waals surface area contributed by atoms with E-state index in [1.165, 1.54) is 24.8 Å². The topological polar surface area (TPSA) is 66.5 Å². The molecule has 1 aromatic carbocycles. The first-order valence-electron chi connectivity index (χ1n) is 7.34. The highest BCUT2D eigenvalue weighted by molar-refractivity contribution is 5.90. The molecule has 1 aliphatic carbocycles. The molecule has 21 heavy (non-hydrogen) atoms. The molecule has 0 amide bonds. The van der Waals surface area contributed by atoms with E-state index in [1.807, 2.05) is 7.05 Å². The van der Waals surface area contributed by atoms with Gasteiger partial charge in [0.25, 0.3) is 0 Å². The van der Waals surface area contributed by atoms with Crippen molar-refractivity contribution in [2.24, 2.45) is 0 Å². The maximum Gasteiger partial charge on any atom is 0.225 e. The molecular formula is C16H17N5. The first kappa shape index (κ1) is 12.3. The monoisotopic (exact) mass is 279 g/mol. The molecule has 106 valence electrons. The van der Waals surface area contributed by atoms with Gasteiger partial charge in [0, 0.05) is 12.6 Å². The number of hydrogen-bond donors (Lipinski definition) is 2. The molecule has 3 aromatic rings. The van der Waals surface area contributed by atoms with E-state index >= 15 is 0 Å². The molecule has 5 heteroatoms. The summed E-state index contributed by atoms with van der Waals surface area (Å²) in [6.45, 7) is 0. The number of H-pyrrole nitrogens is 1. The predicted octanol–water partition coefficient (Wildman–Crippen LogP) is 3.33. The van der Waals surface area contributed by atoms with Crippen LogP contribution in [0.25, 0.3) is 22.3 Å². The van der Waals surface area contributed by atoms with Gasteiger partial charge in [0.05, 0.1) is 17.3 Å². The number of rotatable bonds is 3. The maximum atomic E-state index is 4.62. The highest BCUT2D eigenvalue weighted by atomic mass is 15.2. The van der Waals surface area contributed by atoms with E-state index in [-0.39, 0.29) is 0 Å². The smallest absolute Gasteiger partial charge is 0.225 e. The average molecular weight is 279 g/mol. The first-order valence-corrected chi connectivity index (χ1v) is 7.34. The van der Waals surface area contributed by atoms with Crippen molar-refractivity contribution in [3.8, 4) is 11.3 Å². The van der Waals surface area contributed by atoms with Crippen molar-refractivity contribution in [3.63, 3.8) is 0 Å². The molecule has 2 heterocycles. The number of aromatic nitrogens is 4. The lowest BCUT2D eigenvalue weighted by molar-refractivity contribution is 0.420. The van der Waals surface area contributed by atoms with Crippen LogP contribution >= 0.6 is 0 Å². The SMILES string of the molecule is CNc1nc(-c2cccc(C3CCC3)c2)c2cn[nH]c2n1. The zero-order valence-electron chi connectivity index (χ0n) is 11.9. The first-order chi connectivity index (χ1) is 10.3. The summed E-state index contributed by atoms with van der Waals surface area (Å²) in [4.78, 5) is 9.01. The highest BCUT2D eigenvalue weighted by Gasteiger charge is 2.20. The molecule has 2 aromatic heterocycles. The van der Waals surface area contributed by atoms with E-state index in [9.17, 15) is 0 Å². The molecule has 0 spiro atoms. The van der Waals surface area contributed by atoms with Gasteiger partial charge >= 0.3 is 0 Å². The third-order valence-corrected chi connectivity index (χ3v) is 4.27. The van der Waals surface area contributed by atoms with Crippen LogP contribution in [0.5, 0.6) is 0 Å². The fourth-order valence-corrected chi connectivity index (χ4v) is 2.85. The second kappa shape index (κ2) is 4.84. The van der Waals surface area contributed by atoms with Gasteiger partial charge in [-0.15, -0.1) is 0 Å². The van der Waals surface area contributed by atoms with Crippen LogP contribution in [0.1, 0.15) is 30.7 Å². The van der Waals surface area contributed by atoms with Gasteiger partial charge in [-0.1, -0.05) is 24.6 Å². The Hall–Kier alpha value is -2.43. The van der Waals surface area contributed by atoms with Crippen LogP contribution in [0, 0.1) is 0 Å². The van der Waals surface area contributed by atoms with E-state index in [1.54, 1.807) is 6.20 Å². The van der Waals surface area contributed by atoms with E-state index in [0.717, 1.165) is 28.2 Å². The zero-order valence-corrected chi connectivity index (χ0v) is 11.9. The largest absolute Gasteiger partial charge is 0.357 e. The lowest BCUT2D eigenvalue weighted by atomic mass is 9.79. The van der Waals surface area contributed by atoms with Crippen molar-refractivity contribution in [1.82, 2.24) is 20.2 Å². The predicted molar refractivity (Wildman–Crippen MR) is 83.3 cm³/mol. The summed E-state index contributed by atoms with van der Waals surface area (Å²) < 4.78 is 0. The van der Waals surface area contributed by atoms with E-state index in [0.29, 0.717) is 5.95 Å². The second-order valence-corrected chi connectivity index (χ2v) is 5.53. The molecule has 5 nitrogen and oxygen atoms in total. The van der Waals surface area contributed by atoms with Gasteiger partial charge in [0.2, 0.25) is 5.95 Å². The Labute approximate surface area is 122 Å². The van der Waals surface area contributed by atoms with Crippen LogP contribution in [0.3, 0.4) is 0 Å². The normalized spacial score (nSPS) is 15.1. The number of hydrogen-bond acceptors (Lipinski definition) is 4. The van der Waals surface area contributed by atoms with Crippen molar-refractivity contribution in [3.05, 3.63) is 36.0 Å². The van der Waals surface area contributed by atoms with Gasteiger partial charge < -0.3 is 5.32 Å². The summed E-state index contributed by atoms with van der Waals surface area (Å²) >= 11 is 0. The summed E-state index contributed by atoms with van der Waals surface area (Å²) in [7, 11) is 1.83. The lowest BCUT2D eigenvalue weighted by Gasteiger charge is -2.26. The average Bonchev–Trinajstić information content (AvgIpc) is 2.93. The van der Waals surface area contributed by atoms with Crippen LogP contribution in [0.2, 0.25) is 0 Å². The third kappa shape index (κ3) is 2.05. The van der Waals surface area contributed by atoms with E-state index in [2.05, 4.69) is 49.7 Å². The van der Waals surface area contributed by atoms with Crippen LogP contribution in [0.4, 0.5) is 5.95 Å². The molecule has 1 aliphatic rings. The maximum absolute atomic E-state index is 4.62. The Bertz CT molecular complexity index is 788. The van der Waals surface area contributed by atoms with Gasteiger partial charge in [0.15, 0.2) is 5.65 Å². The molecule has 0 bridgehead atoms. The Morgan fingerprint density at radius 1 is 1.24 bits per heavy atom. The number of benzene rings is 1. The number of fused-ring (bicyclic) bond motifs is 1. The summed E-state index contributed by atoms with van der Waals surface area (Å²) in [5.74, 6) is 1.33. The molecule has 4 rings (SSSR count). The molecule has 1 fully saturated rings. The minimum absolute atomic E-state index is 0.607. The third-order valence-electron chi connectivity index (χ3n) is 4.27. The van der Waals surface area contributed by atoms with Gasteiger partial charge in [-0.2, -0.15) is 10.1 Å². The van der Waals surface area contributed by atoms with Crippen molar-refractivity contribution in [1.29, 1.82) is 0 Å². The van der Waals surface area contributed by atoms with Crippen LogP contribution < -0.4 is 5.32 Å². The standard InChI is InChI=1S/C16H17N5/c1-17-16-19-14(13-9-18-21-15(13)20-16)12-7-3-6-11(8-12)10-4-2-5-10/h3,6-10H,2,4-5H2,1H3,(H2,17,18,19,20,21). The zero-order chi connectivity index (χ0) is 14.2. The minimum Gasteiger partial charge on any atom is -0.357 e. The van der Waals surface area contributed by atoms with E-state index < -0.39 is 0 Å². The molecule has 0 unspecified atom stereocenters. The van der Waals surface area contributed by atoms with Gasteiger partial charge in [-0.3, -0.25) is 5.10 Å². The van der Waals surface area contributed by atoms with Gasteiger partial charge in [0.1, 0.15) is 0 Å². The van der Waals surface area contributed by atoms with Crippen LogP contribution in [0.15, 0.2) is 30.5 Å². The molecule has 0 radical (unpaired) electrons. The van der Waals surface area contributed by atoms with Crippen molar-refractivity contribution < 1.29 is 0 Å². The van der Waals surface area contributed by atoms with Gasteiger partial charge in [-0.25, -0.2) is 4.98 Å². The fourth-order valence-electron chi connectivity index (χ4n) is 2.85. The molecular weight excluding hydrogens is 262 g/mol. The molecule has 0 atom stereocenters. The number of nitrogens with zero attached hydrogens (tertiary/aromatic N) is 3. The summed E-state index contributed by atoms with van der Waals surface area (Å²) in [5, 5.41) is 11.0. The second-order valence-electron chi connectivity index (χ2n) is 5.53. The summed E-state index contributed by atoms with van der Waals surface area (Å²) in [5.41, 5.74) is 4.24. The number of anilines is 1. The Morgan fingerprint density at radius 2 is 2.14 bits per heavy atom. The fraction of sp³-hybridized carbons (Fsp3) is 0.312. The number of aromatic amines is 1. The van der Waals surface area contributed by atoms with E-state index in [4.69, 9.17) is 0 Å². The Balaban J connectivity index is 1.87. The van der Waals surface area contributed by atoms with Crippen molar-refractivity contribution in [2.45, 2.75) is 25.2 Å². The Kier molecular flexibility index (Phi) is 2.84. The minimum atomic E-state index is 0.607. The van der Waals surface area contributed by atoms with Gasteiger partial charge in [-0.05, 0) is 30.4 Å². The molecule has 1 saturated carbocycles. The van der Waals surface area contributed by atoms with Crippen molar-refractivity contribution in [2.75, 3.05) is 12.4 Å². The highest BCUT2D eigenvalue weighted by Crippen LogP contribution is 2.38. The quantitative estimate of drug-likeness (QED) is 0.771. The molecule has 2 N–H and O–H groups in total. The van der Waals surface area contributed by atoms with Crippen LogP contribution in [-0.2, 0) is 0 Å². The summed E-state index contributed by atoms with van der Waals surface area (Å²) in [6, 6.07) is 8.71. The van der Waals surface area contributed by atoms with Crippen molar-refractivity contribution >= 4 is 17.0 Å². The Morgan fingerprint density at radius 3 is 2.90 bits per heavy atom. The lowest BCUT2D eigenvalue weighted by Crippen LogP contribution is -2.08. The molecule has 0 saturated heterocycles. The van der Waals surface area contributed by atoms with Crippen LogP contribution in [-0.4, -0.2) is 27.2 Å². The summed E-state index contributed by atoms with van der Waals surface area (Å²) in [6.07, 6.45) is 5.74. The molecule has 0 aliphatic heterocycles.